The van der Waals surface area contributed by atoms with Crippen LogP contribution in [-0.2, 0) is 11.2 Å². The number of nitrogens with zero attached hydrogens (tertiary/aromatic N) is 1. The highest BCUT2D eigenvalue weighted by Gasteiger charge is 2.20. The summed E-state index contributed by atoms with van der Waals surface area (Å²) < 4.78 is 7.03. The van der Waals surface area contributed by atoms with Crippen LogP contribution in [0.4, 0.5) is 11.4 Å². The number of hydrogen-bond donors (Lipinski definition) is 0. The molecule has 0 N–H and O–H groups in total. The van der Waals surface area contributed by atoms with Gasteiger partial charge in [-0.1, -0.05) is 40.2 Å². The van der Waals surface area contributed by atoms with Crippen LogP contribution in [-0.4, -0.2) is 19.3 Å². The van der Waals surface area contributed by atoms with E-state index in [9.17, 15) is 0 Å². The molecular formula is C18H20BrNO. The van der Waals surface area contributed by atoms with Gasteiger partial charge < -0.3 is 9.64 Å². The third kappa shape index (κ3) is 3.14. The van der Waals surface area contributed by atoms with E-state index in [1.807, 2.05) is 0 Å². The van der Waals surface area contributed by atoms with Gasteiger partial charge in [-0.2, -0.15) is 0 Å². The maximum Gasteiger partial charge on any atom is 0.0649 e. The quantitative estimate of drug-likeness (QED) is 0.731. The number of halogens is 1. The first-order chi connectivity index (χ1) is 10.1. The molecule has 1 atom stereocenters. The summed E-state index contributed by atoms with van der Waals surface area (Å²) in [6.45, 7) is 5.94. The lowest BCUT2D eigenvalue weighted by Gasteiger charge is -2.32. The van der Waals surface area contributed by atoms with Crippen LogP contribution in [0.3, 0.4) is 0 Å². The van der Waals surface area contributed by atoms with Crippen molar-refractivity contribution < 1.29 is 4.74 Å². The highest BCUT2D eigenvalue weighted by atomic mass is 79.9. The Labute approximate surface area is 134 Å². The molecule has 0 aromatic heterocycles. The molecule has 1 heterocycles. The zero-order valence-corrected chi connectivity index (χ0v) is 14.1. The Morgan fingerprint density at radius 3 is 2.76 bits per heavy atom. The zero-order valence-electron chi connectivity index (χ0n) is 12.5. The molecule has 1 aliphatic rings. The number of rotatable bonds is 1. The number of anilines is 2. The second-order valence-electron chi connectivity index (χ2n) is 5.60. The Morgan fingerprint density at radius 2 is 1.95 bits per heavy atom. The smallest absolute Gasteiger partial charge is 0.0649 e. The monoisotopic (exact) mass is 345 g/mol. The molecule has 3 rings (SSSR count). The first kappa shape index (κ1) is 14.6. The molecule has 0 fully saturated rings. The van der Waals surface area contributed by atoms with Gasteiger partial charge >= 0.3 is 0 Å². The van der Waals surface area contributed by atoms with E-state index in [0.717, 1.165) is 24.0 Å². The minimum atomic E-state index is 0.268. The van der Waals surface area contributed by atoms with E-state index < -0.39 is 0 Å². The Morgan fingerprint density at radius 1 is 1.14 bits per heavy atom. The average Bonchev–Trinajstić information content (AvgIpc) is 2.45. The topological polar surface area (TPSA) is 12.5 Å². The molecule has 0 aliphatic carbocycles. The van der Waals surface area contributed by atoms with Gasteiger partial charge in [-0.25, -0.2) is 0 Å². The van der Waals surface area contributed by atoms with Gasteiger partial charge in [0.2, 0.25) is 0 Å². The third-order valence-corrected chi connectivity index (χ3v) is 4.46. The van der Waals surface area contributed by atoms with Crippen LogP contribution in [0.1, 0.15) is 18.1 Å². The summed E-state index contributed by atoms with van der Waals surface area (Å²) in [6.07, 6.45) is 1.22. The van der Waals surface area contributed by atoms with Gasteiger partial charge in [0, 0.05) is 28.8 Å². The van der Waals surface area contributed by atoms with Gasteiger partial charge in [0.05, 0.1) is 12.7 Å². The van der Waals surface area contributed by atoms with Gasteiger partial charge in [0.15, 0.2) is 0 Å². The minimum absolute atomic E-state index is 0.268. The van der Waals surface area contributed by atoms with Crippen LogP contribution in [0.25, 0.3) is 0 Å². The number of ether oxygens (including phenoxy) is 1. The number of aryl methyl sites for hydroxylation is 1. The normalized spacial score (nSPS) is 18.8. The molecule has 0 spiro atoms. The van der Waals surface area contributed by atoms with E-state index >= 15 is 0 Å². The molecular weight excluding hydrogens is 326 g/mol. The number of hydrogen-bond acceptors (Lipinski definition) is 2. The fourth-order valence-corrected chi connectivity index (χ4v) is 3.26. The lowest BCUT2D eigenvalue weighted by Crippen LogP contribution is -2.29. The van der Waals surface area contributed by atoms with Crippen molar-refractivity contribution in [1.82, 2.24) is 0 Å². The van der Waals surface area contributed by atoms with Gasteiger partial charge in [-0.05, 0) is 43.2 Å². The number of para-hydroxylation sites is 1. The Bertz CT molecular complexity index is 641. The summed E-state index contributed by atoms with van der Waals surface area (Å²) in [5, 5.41) is 0. The Kier molecular flexibility index (Phi) is 4.32. The lowest BCUT2D eigenvalue weighted by molar-refractivity contribution is 0.0703. The standard InChI is InChI=1S/C18H20BrNO/c1-13-5-3-4-6-17(13)20-9-10-21-14(2)11-15-7-8-16(19)12-18(15)20/h3-8,12,14H,9-11H2,1-2H3. The largest absolute Gasteiger partial charge is 0.376 e. The lowest BCUT2D eigenvalue weighted by atomic mass is 10.0. The average molecular weight is 346 g/mol. The maximum absolute atomic E-state index is 5.91. The van der Waals surface area contributed by atoms with Crippen molar-refractivity contribution >= 4 is 27.3 Å². The first-order valence-electron chi connectivity index (χ1n) is 7.38. The van der Waals surface area contributed by atoms with Crippen LogP contribution in [0.2, 0.25) is 0 Å². The second kappa shape index (κ2) is 6.20. The predicted octanol–water partition coefficient (Wildman–Crippen LogP) is 4.86. The third-order valence-electron chi connectivity index (χ3n) is 3.97. The van der Waals surface area contributed by atoms with Crippen molar-refractivity contribution in [2.45, 2.75) is 26.4 Å². The zero-order chi connectivity index (χ0) is 14.8. The molecule has 3 heteroatoms. The van der Waals surface area contributed by atoms with E-state index in [-0.39, 0.29) is 6.10 Å². The van der Waals surface area contributed by atoms with Crippen molar-refractivity contribution in [1.29, 1.82) is 0 Å². The summed E-state index contributed by atoms with van der Waals surface area (Å²) in [6, 6.07) is 15.1. The van der Waals surface area contributed by atoms with Crippen LogP contribution in [0, 0.1) is 6.92 Å². The minimum Gasteiger partial charge on any atom is -0.376 e. The van der Waals surface area contributed by atoms with Crippen molar-refractivity contribution in [3.05, 3.63) is 58.1 Å². The van der Waals surface area contributed by atoms with E-state index in [0.29, 0.717) is 0 Å². The highest BCUT2D eigenvalue weighted by molar-refractivity contribution is 9.10. The van der Waals surface area contributed by atoms with E-state index in [2.05, 4.69) is 77.1 Å². The summed E-state index contributed by atoms with van der Waals surface area (Å²) in [7, 11) is 0. The molecule has 0 amide bonds. The summed E-state index contributed by atoms with van der Waals surface area (Å²) in [5.74, 6) is 0. The predicted molar refractivity (Wildman–Crippen MR) is 91.4 cm³/mol. The van der Waals surface area contributed by atoms with Gasteiger partial charge in [-0.3, -0.25) is 0 Å². The molecule has 0 bridgehead atoms. The molecule has 0 radical (unpaired) electrons. The highest BCUT2D eigenvalue weighted by Crippen LogP contribution is 2.34. The SMILES string of the molecule is Cc1ccccc1N1CCOC(C)Cc2ccc(Br)cc21. The van der Waals surface area contributed by atoms with Crippen molar-refractivity contribution in [3.8, 4) is 0 Å². The maximum atomic E-state index is 5.91. The molecule has 2 aromatic rings. The molecule has 1 aliphatic heterocycles. The summed E-state index contributed by atoms with van der Waals surface area (Å²) in [4.78, 5) is 2.38. The fourth-order valence-electron chi connectivity index (χ4n) is 2.91. The molecule has 2 aromatic carbocycles. The molecule has 0 saturated heterocycles. The van der Waals surface area contributed by atoms with E-state index in [1.165, 1.54) is 22.5 Å². The first-order valence-corrected chi connectivity index (χ1v) is 8.17. The van der Waals surface area contributed by atoms with Crippen LogP contribution in [0.5, 0.6) is 0 Å². The molecule has 21 heavy (non-hydrogen) atoms. The van der Waals surface area contributed by atoms with Crippen LogP contribution >= 0.6 is 15.9 Å². The van der Waals surface area contributed by atoms with E-state index in [4.69, 9.17) is 4.74 Å². The van der Waals surface area contributed by atoms with Crippen LogP contribution in [0.15, 0.2) is 46.9 Å². The molecule has 1 unspecified atom stereocenters. The van der Waals surface area contributed by atoms with Gasteiger partial charge in [0.1, 0.15) is 0 Å². The Balaban J connectivity index is 2.11. The van der Waals surface area contributed by atoms with Crippen molar-refractivity contribution in [2.24, 2.45) is 0 Å². The molecule has 110 valence electrons. The van der Waals surface area contributed by atoms with E-state index in [1.54, 1.807) is 0 Å². The van der Waals surface area contributed by atoms with Crippen LogP contribution < -0.4 is 4.90 Å². The molecule has 2 nitrogen and oxygen atoms in total. The Hall–Kier alpha value is -1.32. The fraction of sp³-hybridized carbons (Fsp3) is 0.333. The summed E-state index contributed by atoms with van der Waals surface area (Å²) in [5.41, 5.74) is 5.18. The summed E-state index contributed by atoms with van der Waals surface area (Å²) >= 11 is 3.61. The van der Waals surface area contributed by atoms with Crippen molar-refractivity contribution in [2.75, 3.05) is 18.1 Å². The number of benzene rings is 2. The van der Waals surface area contributed by atoms with Gasteiger partial charge in [0.25, 0.3) is 0 Å². The molecule has 0 saturated carbocycles. The van der Waals surface area contributed by atoms with Crippen molar-refractivity contribution in [3.63, 3.8) is 0 Å². The van der Waals surface area contributed by atoms with Gasteiger partial charge in [-0.15, -0.1) is 0 Å². The number of fused-ring (bicyclic) bond motifs is 1. The second-order valence-corrected chi connectivity index (χ2v) is 6.51.